The van der Waals surface area contributed by atoms with Gasteiger partial charge < -0.3 is 14.5 Å². The molecule has 2 amide bonds. The van der Waals surface area contributed by atoms with E-state index in [0.717, 1.165) is 32.1 Å². The Bertz CT molecular complexity index is 550. The predicted molar refractivity (Wildman–Crippen MR) is 92.6 cm³/mol. The molecule has 0 aromatic rings. The molecule has 3 aliphatic rings. The summed E-state index contributed by atoms with van der Waals surface area (Å²) >= 11 is 0. The van der Waals surface area contributed by atoms with Gasteiger partial charge in [0, 0.05) is 6.04 Å². The monoisotopic (exact) mass is 350 g/mol. The number of carbonyl (C=O) groups is 3. The van der Waals surface area contributed by atoms with Crippen molar-refractivity contribution in [3.05, 3.63) is 0 Å². The molecule has 5 atom stereocenters. The second kappa shape index (κ2) is 7.34. The lowest BCUT2D eigenvalue weighted by molar-refractivity contribution is -0.170. The van der Waals surface area contributed by atoms with Crippen LogP contribution in [-0.4, -0.2) is 58.4 Å². The first-order chi connectivity index (χ1) is 12.0. The lowest BCUT2D eigenvalue weighted by Gasteiger charge is -2.45. The highest BCUT2D eigenvalue weighted by atomic mass is 16.5. The summed E-state index contributed by atoms with van der Waals surface area (Å²) < 4.78 is 5.19. The van der Waals surface area contributed by atoms with Gasteiger partial charge >= 0.3 is 5.97 Å². The zero-order valence-electron chi connectivity index (χ0n) is 15.6. The maximum absolute atomic E-state index is 13.3. The Morgan fingerprint density at radius 2 is 1.92 bits per heavy atom. The molecule has 0 N–H and O–H groups in total. The summed E-state index contributed by atoms with van der Waals surface area (Å²) in [5.74, 6) is -0.00960. The normalized spacial score (nSPS) is 33.1. The summed E-state index contributed by atoms with van der Waals surface area (Å²) in [4.78, 5) is 42.2. The molecule has 6 nitrogen and oxygen atoms in total. The number of fused-ring (bicyclic) bond motifs is 3. The number of rotatable bonds is 5. The standard InChI is InChI=1S/C19H30N2O4/c1-4-8-15(19(24)25-5-2)20-12(3)17(22)21-14-10-7-6-9-13(14)11-16(21)18(20)23/h12-16H,4-11H2,1-3H3/t12-,13-,14-,15-,16-/m1/s1. The largest absolute Gasteiger partial charge is 0.464 e. The Morgan fingerprint density at radius 3 is 2.60 bits per heavy atom. The molecule has 25 heavy (non-hydrogen) atoms. The van der Waals surface area contributed by atoms with E-state index in [0.29, 0.717) is 12.3 Å². The second-order valence-corrected chi connectivity index (χ2v) is 7.59. The minimum Gasteiger partial charge on any atom is -0.464 e. The van der Waals surface area contributed by atoms with E-state index in [9.17, 15) is 14.4 Å². The Labute approximate surface area is 149 Å². The second-order valence-electron chi connectivity index (χ2n) is 7.59. The molecule has 2 aliphatic heterocycles. The minimum absolute atomic E-state index is 0.00408. The summed E-state index contributed by atoms with van der Waals surface area (Å²) in [6, 6.07) is -1.41. The lowest BCUT2D eigenvalue weighted by atomic mass is 9.85. The Kier molecular flexibility index (Phi) is 5.35. The molecule has 2 saturated heterocycles. The van der Waals surface area contributed by atoms with E-state index in [1.807, 2.05) is 11.8 Å². The van der Waals surface area contributed by atoms with Crippen molar-refractivity contribution in [3.8, 4) is 0 Å². The van der Waals surface area contributed by atoms with Gasteiger partial charge in [0.25, 0.3) is 0 Å². The van der Waals surface area contributed by atoms with Crippen LogP contribution >= 0.6 is 0 Å². The van der Waals surface area contributed by atoms with Gasteiger partial charge in [0.1, 0.15) is 18.1 Å². The smallest absolute Gasteiger partial charge is 0.328 e. The highest BCUT2D eigenvalue weighted by Gasteiger charge is 2.55. The number of ether oxygens (including phenoxy) is 1. The highest BCUT2D eigenvalue weighted by Crippen LogP contribution is 2.43. The first-order valence-electron chi connectivity index (χ1n) is 9.82. The van der Waals surface area contributed by atoms with Gasteiger partial charge in [0.2, 0.25) is 11.8 Å². The van der Waals surface area contributed by atoms with Crippen molar-refractivity contribution < 1.29 is 19.1 Å². The van der Waals surface area contributed by atoms with Crippen LogP contribution < -0.4 is 0 Å². The van der Waals surface area contributed by atoms with E-state index in [-0.39, 0.29) is 36.5 Å². The van der Waals surface area contributed by atoms with Gasteiger partial charge in [-0.3, -0.25) is 9.59 Å². The number of hydrogen-bond acceptors (Lipinski definition) is 4. The molecule has 3 fully saturated rings. The number of hydrogen-bond donors (Lipinski definition) is 0. The molecule has 0 aromatic heterocycles. The number of amides is 2. The van der Waals surface area contributed by atoms with Gasteiger partial charge in [-0.05, 0) is 45.4 Å². The fourth-order valence-electron chi connectivity index (χ4n) is 5.00. The van der Waals surface area contributed by atoms with Crippen molar-refractivity contribution in [2.45, 2.75) is 89.9 Å². The van der Waals surface area contributed by atoms with E-state index in [2.05, 4.69) is 0 Å². The zero-order chi connectivity index (χ0) is 18.1. The van der Waals surface area contributed by atoms with Crippen LogP contribution in [0, 0.1) is 5.92 Å². The van der Waals surface area contributed by atoms with Crippen molar-refractivity contribution in [3.63, 3.8) is 0 Å². The minimum atomic E-state index is -0.652. The first-order valence-corrected chi connectivity index (χ1v) is 9.82. The molecule has 0 bridgehead atoms. The summed E-state index contributed by atoms with van der Waals surface area (Å²) in [6.45, 7) is 5.78. The van der Waals surface area contributed by atoms with Gasteiger partial charge in [-0.2, -0.15) is 0 Å². The van der Waals surface area contributed by atoms with Crippen LogP contribution in [0.1, 0.15) is 65.7 Å². The van der Waals surface area contributed by atoms with Crippen LogP contribution in [0.15, 0.2) is 0 Å². The topological polar surface area (TPSA) is 66.9 Å². The SMILES string of the molecule is CCC[C@H](C(=O)OCC)N1C(=O)[C@H]2C[C@H]3CCCC[C@H]3N2C(=O)[C@H]1C. The molecule has 0 radical (unpaired) electrons. The Morgan fingerprint density at radius 1 is 1.20 bits per heavy atom. The number of carbonyl (C=O) groups excluding carboxylic acids is 3. The molecule has 0 aromatic carbocycles. The zero-order valence-corrected chi connectivity index (χ0v) is 15.6. The van der Waals surface area contributed by atoms with Crippen molar-refractivity contribution in [1.29, 1.82) is 0 Å². The fraction of sp³-hybridized carbons (Fsp3) is 0.842. The van der Waals surface area contributed by atoms with E-state index < -0.39 is 12.1 Å². The molecule has 2 heterocycles. The molecule has 140 valence electrons. The molecule has 0 spiro atoms. The number of nitrogens with zero attached hydrogens (tertiary/aromatic N) is 2. The summed E-state index contributed by atoms with van der Waals surface area (Å²) in [6.07, 6.45) is 6.46. The summed E-state index contributed by atoms with van der Waals surface area (Å²) in [5.41, 5.74) is 0. The average molecular weight is 350 g/mol. The number of esters is 1. The van der Waals surface area contributed by atoms with E-state index >= 15 is 0 Å². The van der Waals surface area contributed by atoms with Crippen LogP contribution in [-0.2, 0) is 19.1 Å². The summed E-state index contributed by atoms with van der Waals surface area (Å²) in [5, 5.41) is 0. The van der Waals surface area contributed by atoms with Crippen LogP contribution in [0.3, 0.4) is 0 Å². The van der Waals surface area contributed by atoms with E-state index in [1.54, 1.807) is 13.8 Å². The van der Waals surface area contributed by atoms with Crippen molar-refractivity contribution >= 4 is 17.8 Å². The van der Waals surface area contributed by atoms with Crippen LogP contribution in [0.5, 0.6) is 0 Å². The van der Waals surface area contributed by atoms with Gasteiger partial charge in [-0.25, -0.2) is 4.79 Å². The van der Waals surface area contributed by atoms with Gasteiger partial charge in [0.15, 0.2) is 0 Å². The Hall–Kier alpha value is -1.59. The molecule has 6 heteroatoms. The quantitative estimate of drug-likeness (QED) is 0.712. The maximum atomic E-state index is 13.3. The Balaban J connectivity index is 1.88. The van der Waals surface area contributed by atoms with Crippen molar-refractivity contribution in [1.82, 2.24) is 9.80 Å². The molecule has 3 rings (SSSR count). The van der Waals surface area contributed by atoms with Gasteiger partial charge in [-0.1, -0.05) is 26.2 Å². The highest BCUT2D eigenvalue weighted by molar-refractivity contribution is 5.99. The fourth-order valence-corrected chi connectivity index (χ4v) is 5.00. The number of piperazine rings is 1. The van der Waals surface area contributed by atoms with Gasteiger partial charge in [0.05, 0.1) is 6.61 Å². The van der Waals surface area contributed by atoms with E-state index in [1.165, 1.54) is 11.3 Å². The predicted octanol–water partition coefficient (Wildman–Crippen LogP) is 2.11. The molecule has 0 unspecified atom stereocenters. The van der Waals surface area contributed by atoms with Gasteiger partial charge in [-0.15, -0.1) is 0 Å². The van der Waals surface area contributed by atoms with Crippen molar-refractivity contribution in [2.75, 3.05) is 6.61 Å². The van der Waals surface area contributed by atoms with E-state index in [4.69, 9.17) is 4.74 Å². The van der Waals surface area contributed by atoms with Crippen LogP contribution in [0.25, 0.3) is 0 Å². The third kappa shape index (κ3) is 3.04. The van der Waals surface area contributed by atoms with Crippen molar-refractivity contribution in [2.24, 2.45) is 5.92 Å². The summed E-state index contributed by atoms with van der Waals surface area (Å²) in [7, 11) is 0. The molecular formula is C19H30N2O4. The molecule has 1 saturated carbocycles. The first kappa shape index (κ1) is 18.2. The third-order valence-electron chi connectivity index (χ3n) is 6.11. The molecule has 1 aliphatic carbocycles. The molecular weight excluding hydrogens is 320 g/mol. The lowest BCUT2D eigenvalue weighted by Crippen LogP contribution is -2.67. The van der Waals surface area contributed by atoms with Crippen LogP contribution in [0.4, 0.5) is 0 Å². The average Bonchev–Trinajstić information content (AvgIpc) is 2.99. The maximum Gasteiger partial charge on any atom is 0.328 e. The third-order valence-corrected chi connectivity index (χ3v) is 6.11. The van der Waals surface area contributed by atoms with Crippen LogP contribution in [0.2, 0.25) is 0 Å².